The first-order valence-electron chi connectivity index (χ1n) is 9.03. The predicted octanol–water partition coefficient (Wildman–Crippen LogP) is 4.53. The fraction of sp³-hybridized carbons (Fsp3) is 0.333. The maximum atomic E-state index is 11.7. The monoisotopic (exact) mass is 370 g/mol. The molecule has 0 spiro atoms. The van der Waals surface area contributed by atoms with Gasteiger partial charge in [0.05, 0.1) is 6.04 Å². The Bertz CT molecular complexity index is 747. The number of hydrogen-bond donors (Lipinski definition) is 1. The largest absolute Gasteiger partial charge is 0.486 e. The molecule has 2 atom stereocenters. The van der Waals surface area contributed by atoms with Gasteiger partial charge in [0, 0.05) is 6.42 Å². The quantitative estimate of drug-likeness (QED) is 0.726. The first-order valence-corrected chi connectivity index (χ1v) is 9.03. The lowest BCUT2D eigenvalue weighted by Crippen LogP contribution is -2.39. The molecule has 27 heavy (non-hydrogen) atoms. The lowest BCUT2D eigenvalue weighted by atomic mass is 10.1. The second-order valence-electron chi connectivity index (χ2n) is 6.29. The zero-order valence-electron chi connectivity index (χ0n) is 15.9. The van der Waals surface area contributed by atoms with E-state index in [1.165, 1.54) is 0 Å². The fourth-order valence-corrected chi connectivity index (χ4v) is 2.63. The third-order valence-electron chi connectivity index (χ3n) is 4.17. The van der Waals surface area contributed by atoms with Crippen molar-refractivity contribution in [1.82, 2.24) is 5.06 Å². The van der Waals surface area contributed by atoms with Crippen LogP contribution in [0, 0.1) is 0 Å². The zero-order valence-corrected chi connectivity index (χ0v) is 15.9. The van der Waals surface area contributed by atoms with E-state index in [2.05, 4.69) is 0 Å². The van der Waals surface area contributed by atoms with Gasteiger partial charge >= 0.3 is 12.0 Å². The third-order valence-corrected chi connectivity index (χ3v) is 4.17. The van der Waals surface area contributed by atoms with Gasteiger partial charge in [0.2, 0.25) is 0 Å². The van der Waals surface area contributed by atoms with Crippen LogP contribution < -0.4 is 10.5 Å². The van der Waals surface area contributed by atoms with Crippen LogP contribution in [-0.4, -0.2) is 17.1 Å². The van der Waals surface area contributed by atoms with Gasteiger partial charge in [-0.3, -0.25) is 0 Å². The van der Waals surface area contributed by atoms with Crippen molar-refractivity contribution in [3.8, 4) is 5.75 Å². The molecule has 6 heteroatoms. The van der Waals surface area contributed by atoms with Gasteiger partial charge in [0.25, 0.3) is 0 Å². The summed E-state index contributed by atoms with van der Waals surface area (Å²) in [6.07, 6.45) is 0.762. The molecule has 2 amide bonds. The van der Waals surface area contributed by atoms with Gasteiger partial charge in [-0.15, -0.1) is 5.06 Å². The smallest absolute Gasteiger partial charge is 0.348 e. The fourth-order valence-electron chi connectivity index (χ4n) is 2.63. The SMILES string of the molecule is CCCC(=O)ON(C(N)=O)C(C)c1ccc(OC(C)c2ccccc2)cc1. The van der Waals surface area contributed by atoms with Gasteiger partial charge in [0.15, 0.2) is 0 Å². The lowest BCUT2D eigenvalue weighted by Gasteiger charge is -2.26. The van der Waals surface area contributed by atoms with Crippen LogP contribution in [-0.2, 0) is 9.63 Å². The number of ether oxygens (including phenoxy) is 1. The summed E-state index contributed by atoms with van der Waals surface area (Å²) in [6, 6.07) is 15.9. The number of primary amides is 1. The van der Waals surface area contributed by atoms with Crippen molar-refractivity contribution in [3.63, 3.8) is 0 Å². The van der Waals surface area contributed by atoms with Crippen LogP contribution in [0.1, 0.15) is 56.9 Å². The zero-order chi connectivity index (χ0) is 19.8. The number of hydroxylamine groups is 2. The third kappa shape index (κ3) is 5.74. The predicted molar refractivity (Wildman–Crippen MR) is 103 cm³/mol. The van der Waals surface area contributed by atoms with Crippen molar-refractivity contribution in [2.45, 2.75) is 45.8 Å². The Balaban J connectivity index is 2.05. The molecule has 0 aliphatic carbocycles. The Morgan fingerprint density at radius 3 is 2.19 bits per heavy atom. The minimum absolute atomic E-state index is 0.0911. The number of nitrogens with zero attached hydrogens (tertiary/aromatic N) is 1. The summed E-state index contributed by atoms with van der Waals surface area (Å²) >= 11 is 0. The van der Waals surface area contributed by atoms with E-state index in [9.17, 15) is 9.59 Å². The number of urea groups is 1. The first kappa shape index (κ1) is 20.3. The minimum Gasteiger partial charge on any atom is -0.486 e. The van der Waals surface area contributed by atoms with E-state index < -0.39 is 18.0 Å². The maximum absolute atomic E-state index is 11.7. The van der Waals surface area contributed by atoms with E-state index in [1.807, 2.05) is 68.4 Å². The molecular weight excluding hydrogens is 344 g/mol. The standard InChI is InChI=1S/C21H26N2O4/c1-4-8-20(24)27-23(21(22)25)15(2)17-11-13-19(14-12-17)26-16(3)18-9-6-5-7-10-18/h5-7,9-16H,4,8H2,1-3H3,(H2,22,25). The van der Waals surface area contributed by atoms with Crippen molar-refractivity contribution in [1.29, 1.82) is 0 Å². The Hall–Kier alpha value is -3.02. The van der Waals surface area contributed by atoms with Crippen molar-refractivity contribution in [2.75, 3.05) is 0 Å². The Kier molecular flexibility index (Phi) is 7.23. The number of nitrogens with two attached hydrogens (primary N) is 1. The molecule has 0 aliphatic rings. The molecule has 0 aromatic heterocycles. The number of rotatable bonds is 7. The van der Waals surface area contributed by atoms with Crippen molar-refractivity contribution in [3.05, 3.63) is 65.7 Å². The van der Waals surface area contributed by atoms with Crippen molar-refractivity contribution in [2.24, 2.45) is 5.73 Å². The summed E-state index contributed by atoms with van der Waals surface area (Å²) in [5.41, 5.74) is 7.22. The number of benzene rings is 2. The summed E-state index contributed by atoms with van der Waals surface area (Å²) in [5, 5.41) is 0.903. The molecule has 2 rings (SSSR count). The highest BCUT2D eigenvalue weighted by molar-refractivity contribution is 5.75. The lowest BCUT2D eigenvalue weighted by molar-refractivity contribution is -0.183. The average Bonchev–Trinajstić information content (AvgIpc) is 2.67. The van der Waals surface area contributed by atoms with Crippen LogP contribution >= 0.6 is 0 Å². The summed E-state index contributed by atoms with van der Waals surface area (Å²) in [4.78, 5) is 28.5. The second-order valence-corrected chi connectivity index (χ2v) is 6.29. The number of carbonyl (C=O) groups is 2. The van der Waals surface area contributed by atoms with E-state index in [1.54, 1.807) is 6.92 Å². The minimum atomic E-state index is -0.815. The molecule has 6 nitrogen and oxygen atoms in total. The van der Waals surface area contributed by atoms with E-state index in [0.29, 0.717) is 12.2 Å². The average molecular weight is 370 g/mol. The Labute approximate surface area is 159 Å². The Morgan fingerprint density at radius 2 is 1.63 bits per heavy atom. The molecule has 144 valence electrons. The summed E-state index contributed by atoms with van der Waals surface area (Å²) in [5.74, 6) is 0.218. The molecule has 0 radical (unpaired) electrons. The van der Waals surface area contributed by atoms with Crippen molar-refractivity contribution >= 4 is 12.0 Å². The van der Waals surface area contributed by atoms with Crippen LogP contribution in [0.4, 0.5) is 4.79 Å². The molecule has 2 N–H and O–H groups in total. The Morgan fingerprint density at radius 1 is 1.00 bits per heavy atom. The highest BCUT2D eigenvalue weighted by atomic mass is 16.7. The molecular formula is C21H26N2O4. The molecule has 0 fully saturated rings. The van der Waals surface area contributed by atoms with Crippen LogP contribution in [0.2, 0.25) is 0 Å². The van der Waals surface area contributed by atoms with Gasteiger partial charge in [-0.1, -0.05) is 49.4 Å². The molecule has 0 heterocycles. The van der Waals surface area contributed by atoms with E-state index in [0.717, 1.165) is 16.2 Å². The van der Waals surface area contributed by atoms with Gasteiger partial charge in [-0.2, -0.15) is 0 Å². The molecule has 0 bridgehead atoms. The highest BCUT2D eigenvalue weighted by Crippen LogP contribution is 2.26. The van der Waals surface area contributed by atoms with E-state index >= 15 is 0 Å². The maximum Gasteiger partial charge on any atom is 0.348 e. The van der Waals surface area contributed by atoms with Gasteiger partial charge < -0.3 is 15.3 Å². The first-order chi connectivity index (χ1) is 12.9. The summed E-state index contributed by atoms with van der Waals surface area (Å²) in [6.45, 7) is 5.58. The van der Waals surface area contributed by atoms with E-state index in [4.69, 9.17) is 15.3 Å². The van der Waals surface area contributed by atoms with Crippen LogP contribution in [0.25, 0.3) is 0 Å². The molecule has 2 unspecified atom stereocenters. The van der Waals surface area contributed by atoms with Gasteiger partial charge in [-0.05, 0) is 43.5 Å². The van der Waals surface area contributed by atoms with Crippen molar-refractivity contribution < 1.29 is 19.2 Å². The van der Waals surface area contributed by atoms with Crippen LogP contribution in [0.5, 0.6) is 5.75 Å². The van der Waals surface area contributed by atoms with Crippen LogP contribution in [0.3, 0.4) is 0 Å². The van der Waals surface area contributed by atoms with E-state index in [-0.39, 0.29) is 12.5 Å². The molecule has 2 aromatic carbocycles. The number of carbonyl (C=O) groups excluding carboxylic acids is 2. The molecule has 0 saturated carbocycles. The molecule has 2 aromatic rings. The highest BCUT2D eigenvalue weighted by Gasteiger charge is 2.24. The van der Waals surface area contributed by atoms with Gasteiger partial charge in [-0.25, -0.2) is 9.59 Å². The number of hydrogen-bond acceptors (Lipinski definition) is 4. The molecule has 0 saturated heterocycles. The summed E-state index contributed by atoms with van der Waals surface area (Å²) in [7, 11) is 0. The summed E-state index contributed by atoms with van der Waals surface area (Å²) < 4.78 is 5.95. The molecule has 0 aliphatic heterocycles. The number of amides is 2. The topological polar surface area (TPSA) is 81.9 Å². The van der Waals surface area contributed by atoms with Crippen LogP contribution in [0.15, 0.2) is 54.6 Å². The van der Waals surface area contributed by atoms with Gasteiger partial charge in [0.1, 0.15) is 11.9 Å². The second kappa shape index (κ2) is 9.62. The normalized spacial score (nSPS) is 12.7.